The third-order valence-corrected chi connectivity index (χ3v) is 4.26. The van der Waals surface area contributed by atoms with Crippen LogP contribution in [0, 0.1) is 5.92 Å². The summed E-state index contributed by atoms with van der Waals surface area (Å²) in [4.78, 5) is 4.58. The van der Waals surface area contributed by atoms with E-state index in [1.807, 2.05) is 6.07 Å². The zero-order valence-corrected chi connectivity index (χ0v) is 14.5. The summed E-state index contributed by atoms with van der Waals surface area (Å²) in [5.74, 6) is 0.723. The van der Waals surface area contributed by atoms with E-state index in [1.54, 1.807) is 0 Å². The number of hydrogen-bond donors (Lipinski definition) is 0. The van der Waals surface area contributed by atoms with Gasteiger partial charge in [0.15, 0.2) is 0 Å². The Morgan fingerprint density at radius 3 is 1.77 bits per heavy atom. The second-order valence-corrected chi connectivity index (χ2v) is 6.50. The van der Waals surface area contributed by atoms with Gasteiger partial charge in [-0.1, -0.05) is 32.0 Å². The highest BCUT2D eigenvalue weighted by atomic mass is 15.1. The first-order valence-electron chi connectivity index (χ1n) is 8.10. The molecule has 1 unspecified atom stereocenters. The van der Waals surface area contributed by atoms with Crippen molar-refractivity contribution >= 4 is 17.1 Å². The fraction of sp³-hybridized carbons (Fsp3) is 0.400. The Labute approximate surface area is 135 Å². The van der Waals surface area contributed by atoms with Crippen LogP contribution in [0.25, 0.3) is 0 Å². The van der Waals surface area contributed by atoms with Crippen LogP contribution in [0.3, 0.4) is 0 Å². The van der Waals surface area contributed by atoms with Gasteiger partial charge in [-0.05, 0) is 55.7 Å². The van der Waals surface area contributed by atoms with E-state index in [-0.39, 0.29) is 0 Å². The smallest absolute Gasteiger partial charge is 0.0409 e. The molecule has 0 saturated heterocycles. The maximum atomic E-state index is 2.37. The number of benzene rings is 2. The predicted molar refractivity (Wildman–Crippen MR) is 98.3 cm³/mol. The number of hydrogen-bond acceptors (Lipinski definition) is 2. The predicted octanol–water partition coefficient (Wildman–Crippen LogP) is 5.33. The molecule has 0 spiro atoms. The Kier molecular flexibility index (Phi) is 5.48. The lowest BCUT2D eigenvalue weighted by Gasteiger charge is -2.29. The third kappa shape index (κ3) is 4.03. The molecule has 0 bridgehead atoms. The van der Waals surface area contributed by atoms with Crippen LogP contribution in [0.2, 0.25) is 0 Å². The molecule has 0 saturated carbocycles. The third-order valence-electron chi connectivity index (χ3n) is 4.26. The number of rotatable bonds is 6. The maximum absolute atomic E-state index is 2.37. The molecule has 2 aromatic rings. The van der Waals surface area contributed by atoms with E-state index in [1.165, 1.54) is 23.5 Å². The highest BCUT2D eigenvalue weighted by Crippen LogP contribution is 2.26. The Hall–Kier alpha value is -1.96. The van der Waals surface area contributed by atoms with Crippen molar-refractivity contribution < 1.29 is 0 Å². The van der Waals surface area contributed by atoms with Crippen LogP contribution in [0.4, 0.5) is 17.1 Å². The van der Waals surface area contributed by atoms with Crippen LogP contribution < -0.4 is 9.80 Å². The fourth-order valence-electron chi connectivity index (χ4n) is 2.81. The summed E-state index contributed by atoms with van der Waals surface area (Å²) in [6.45, 7) is 6.86. The second-order valence-electron chi connectivity index (χ2n) is 6.50. The Balaban J connectivity index is 2.10. The second kappa shape index (κ2) is 7.35. The number of nitrogens with zero attached hydrogens (tertiary/aromatic N) is 2. The molecule has 0 aromatic heterocycles. The first-order chi connectivity index (χ1) is 10.5. The van der Waals surface area contributed by atoms with Crippen LogP contribution in [0.1, 0.15) is 27.2 Å². The van der Waals surface area contributed by atoms with Gasteiger partial charge in [0.2, 0.25) is 0 Å². The summed E-state index contributed by atoms with van der Waals surface area (Å²) in [5.41, 5.74) is 3.69. The van der Waals surface area contributed by atoms with Crippen molar-refractivity contribution in [2.45, 2.75) is 33.2 Å². The molecule has 0 aliphatic heterocycles. The minimum absolute atomic E-state index is 0.553. The van der Waals surface area contributed by atoms with Gasteiger partial charge in [0.05, 0.1) is 0 Å². The monoisotopic (exact) mass is 296 g/mol. The summed E-state index contributed by atoms with van der Waals surface area (Å²) in [6, 6.07) is 19.8. The maximum Gasteiger partial charge on any atom is 0.0409 e. The van der Waals surface area contributed by atoms with Gasteiger partial charge in [-0.25, -0.2) is 0 Å². The molecule has 2 rings (SSSR count). The highest BCUT2D eigenvalue weighted by molar-refractivity contribution is 5.65. The quantitative estimate of drug-likeness (QED) is 0.711. The van der Waals surface area contributed by atoms with Gasteiger partial charge >= 0.3 is 0 Å². The molecule has 0 N–H and O–H groups in total. The van der Waals surface area contributed by atoms with Crippen molar-refractivity contribution in [1.82, 2.24) is 0 Å². The standard InChI is InChI=1S/C20H28N2/c1-16(2)15-17(3)21(4)19-11-13-20(14-12-19)22(5)18-9-7-6-8-10-18/h6-14,16-17H,15H2,1-5H3. The van der Waals surface area contributed by atoms with Gasteiger partial charge in [-0.3, -0.25) is 0 Å². The topological polar surface area (TPSA) is 6.48 Å². The number of para-hydroxylation sites is 1. The van der Waals surface area contributed by atoms with Crippen LogP contribution >= 0.6 is 0 Å². The van der Waals surface area contributed by atoms with Crippen molar-refractivity contribution in [2.75, 3.05) is 23.9 Å². The van der Waals surface area contributed by atoms with E-state index in [0.29, 0.717) is 6.04 Å². The lowest BCUT2D eigenvalue weighted by atomic mass is 10.0. The summed E-state index contributed by atoms with van der Waals surface area (Å²) >= 11 is 0. The molecule has 0 radical (unpaired) electrons. The molecule has 0 fully saturated rings. The SMILES string of the molecule is CC(C)CC(C)N(C)c1ccc(N(C)c2ccccc2)cc1. The Bertz CT molecular complexity index is 560. The first kappa shape index (κ1) is 16.4. The van der Waals surface area contributed by atoms with Crippen LogP contribution in [0.5, 0.6) is 0 Å². The molecular weight excluding hydrogens is 268 g/mol. The zero-order valence-electron chi connectivity index (χ0n) is 14.5. The van der Waals surface area contributed by atoms with E-state index in [4.69, 9.17) is 0 Å². The van der Waals surface area contributed by atoms with E-state index in [9.17, 15) is 0 Å². The minimum atomic E-state index is 0.553. The van der Waals surface area contributed by atoms with Gasteiger partial charge in [0.1, 0.15) is 0 Å². The normalized spacial score (nSPS) is 12.3. The molecule has 0 aliphatic carbocycles. The Morgan fingerprint density at radius 2 is 1.23 bits per heavy atom. The summed E-state index contributed by atoms with van der Waals surface area (Å²) in [7, 11) is 4.29. The lowest BCUT2D eigenvalue weighted by Crippen LogP contribution is -2.29. The van der Waals surface area contributed by atoms with Crippen molar-refractivity contribution in [2.24, 2.45) is 5.92 Å². The summed E-state index contributed by atoms with van der Waals surface area (Å²) < 4.78 is 0. The average Bonchev–Trinajstić information content (AvgIpc) is 2.54. The largest absolute Gasteiger partial charge is 0.372 e. The minimum Gasteiger partial charge on any atom is -0.372 e. The van der Waals surface area contributed by atoms with Gasteiger partial charge in [0.25, 0.3) is 0 Å². The van der Waals surface area contributed by atoms with Crippen molar-refractivity contribution in [3.05, 3.63) is 54.6 Å². The van der Waals surface area contributed by atoms with Crippen molar-refractivity contribution in [3.8, 4) is 0 Å². The van der Waals surface area contributed by atoms with Gasteiger partial charge < -0.3 is 9.80 Å². The van der Waals surface area contributed by atoms with E-state index in [0.717, 1.165) is 5.92 Å². The van der Waals surface area contributed by atoms with E-state index >= 15 is 0 Å². The first-order valence-corrected chi connectivity index (χ1v) is 8.10. The van der Waals surface area contributed by atoms with E-state index in [2.05, 4.69) is 93.2 Å². The molecule has 2 heteroatoms. The van der Waals surface area contributed by atoms with E-state index < -0.39 is 0 Å². The summed E-state index contributed by atoms with van der Waals surface area (Å²) in [5, 5.41) is 0. The molecule has 118 valence electrons. The van der Waals surface area contributed by atoms with Crippen LogP contribution in [-0.4, -0.2) is 20.1 Å². The molecule has 0 aliphatic rings. The molecule has 2 aromatic carbocycles. The molecule has 1 atom stereocenters. The molecule has 0 amide bonds. The lowest BCUT2D eigenvalue weighted by molar-refractivity contribution is 0.504. The fourth-order valence-corrected chi connectivity index (χ4v) is 2.81. The van der Waals surface area contributed by atoms with Crippen molar-refractivity contribution in [1.29, 1.82) is 0 Å². The Morgan fingerprint density at radius 1 is 0.727 bits per heavy atom. The number of anilines is 3. The van der Waals surface area contributed by atoms with Crippen LogP contribution in [-0.2, 0) is 0 Å². The molecule has 0 heterocycles. The highest BCUT2D eigenvalue weighted by Gasteiger charge is 2.12. The molecule has 2 nitrogen and oxygen atoms in total. The average molecular weight is 296 g/mol. The zero-order chi connectivity index (χ0) is 16.1. The van der Waals surface area contributed by atoms with Gasteiger partial charge in [0, 0.05) is 37.2 Å². The molecular formula is C20H28N2. The van der Waals surface area contributed by atoms with Crippen molar-refractivity contribution in [3.63, 3.8) is 0 Å². The molecule has 22 heavy (non-hydrogen) atoms. The van der Waals surface area contributed by atoms with Gasteiger partial charge in [-0.2, -0.15) is 0 Å². The van der Waals surface area contributed by atoms with Crippen LogP contribution in [0.15, 0.2) is 54.6 Å². The summed E-state index contributed by atoms with van der Waals surface area (Å²) in [6.07, 6.45) is 1.21. The van der Waals surface area contributed by atoms with Gasteiger partial charge in [-0.15, -0.1) is 0 Å².